The van der Waals surface area contributed by atoms with Gasteiger partial charge in [-0.15, -0.1) is 0 Å². The number of carbonyl (C=O) groups is 1. The summed E-state index contributed by atoms with van der Waals surface area (Å²) in [4.78, 5) is 13.1. The van der Waals surface area contributed by atoms with Crippen LogP contribution in [-0.2, 0) is 4.79 Å². The lowest BCUT2D eigenvalue weighted by molar-refractivity contribution is -0.112. The first kappa shape index (κ1) is 9.46. The Morgan fingerprint density at radius 2 is 2.00 bits per heavy atom. The SMILES string of the molecule is CC(=O)/C=C/C(C)N1CCCC1. The predicted octanol–water partition coefficient (Wildman–Crippen LogP) is 1.62. The van der Waals surface area contributed by atoms with Gasteiger partial charge in [0.05, 0.1) is 0 Å². The van der Waals surface area contributed by atoms with E-state index >= 15 is 0 Å². The van der Waals surface area contributed by atoms with Crippen LogP contribution < -0.4 is 0 Å². The van der Waals surface area contributed by atoms with Gasteiger partial charge in [0.25, 0.3) is 0 Å². The maximum Gasteiger partial charge on any atom is 0.152 e. The summed E-state index contributed by atoms with van der Waals surface area (Å²) in [6.45, 7) is 6.10. The third-order valence-electron chi connectivity index (χ3n) is 2.33. The highest BCUT2D eigenvalue weighted by atomic mass is 16.1. The van der Waals surface area contributed by atoms with Gasteiger partial charge in [0.15, 0.2) is 5.78 Å². The highest BCUT2D eigenvalue weighted by molar-refractivity contribution is 5.87. The second kappa shape index (κ2) is 4.41. The van der Waals surface area contributed by atoms with E-state index in [2.05, 4.69) is 11.8 Å². The van der Waals surface area contributed by atoms with Crippen LogP contribution in [0.25, 0.3) is 0 Å². The van der Waals surface area contributed by atoms with E-state index in [1.54, 1.807) is 13.0 Å². The fourth-order valence-electron chi connectivity index (χ4n) is 1.55. The van der Waals surface area contributed by atoms with Crippen LogP contribution in [0.15, 0.2) is 12.2 Å². The van der Waals surface area contributed by atoms with E-state index in [0.717, 1.165) is 0 Å². The first-order valence-corrected chi connectivity index (χ1v) is 4.63. The molecule has 0 spiro atoms. The molecule has 1 fully saturated rings. The van der Waals surface area contributed by atoms with Crippen molar-refractivity contribution in [2.75, 3.05) is 13.1 Å². The van der Waals surface area contributed by atoms with Gasteiger partial charge in [-0.05, 0) is 45.9 Å². The quantitative estimate of drug-likeness (QED) is 0.595. The van der Waals surface area contributed by atoms with Crippen LogP contribution in [0, 0.1) is 0 Å². The molecule has 12 heavy (non-hydrogen) atoms. The van der Waals surface area contributed by atoms with E-state index < -0.39 is 0 Å². The van der Waals surface area contributed by atoms with Crippen LogP contribution in [-0.4, -0.2) is 29.8 Å². The molecule has 1 heterocycles. The van der Waals surface area contributed by atoms with Crippen molar-refractivity contribution in [2.24, 2.45) is 0 Å². The largest absolute Gasteiger partial charge is 0.297 e. The Balaban J connectivity index is 2.36. The fraction of sp³-hybridized carbons (Fsp3) is 0.700. The van der Waals surface area contributed by atoms with Gasteiger partial charge in [-0.2, -0.15) is 0 Å². The molecule has 1 aliphatic rings. The molecule has 1 saturated heterocycles. The number of nitrogens with zero attached hydrogens (tertiary/aromatic N) is 1. The summed E-state index contributed by atoms with van der Waals surface area (Å²) in [5, 5.41) is 0. The van der Waals surface area contributed by atoms with Crippen molar-refractivity contribution in [1.82, 2.24) is 4.90 Å². The van der Waals surface area contributed by atoms with Gasteiger partial charge in [0.1, 0.15) is 0 Å². The maximum absolute atomic E-state index is 10.7. The average molecular weight is 167 g/mol. The van der Waals surface area contributed by atoms with E-state index in [4.69, 9.17) is 0 Å². The first-order chi connectivity index (χ1) is 5.70. The minimum Gasteiger partial charge on any atom is -0.297 e. The predicted molar refractivity (Wildman–Crippen MR) is 50.1 cm³/mol. The normalized spacial score (nSPS) is 21.8. The van der Waals surface area contributed by atoms with Gasteiger partial charge < -0.3 is 0 Å². The molecular formula is C10H17NO. The van der Waals surface area contributed by atoms with Crippen molar-refractivity contribution < 1.29 is 4.79 Å². The minimum atomic E-state index is 0.140. The molecule has 2 heteroatoms. The Kier molecular flexibility index (Phi) is 3.48. The van der Waals surface area contributed by atoms with Crippen LogP contribution in [0.2, 0.25) is 0 Å². The first-order valence-electron chi connectivity index (χ1n) is 4.63. The van der Waals surface area contributed by atoms with Crippen LogP contribution in [0.5, 0.6) is 0 Å². The zero-order valence-corrected chi connectivity index (χ0v) is 7.92. The summed E-state index contributed by atoms with van der Waals surface area (Å²) in [6.07, 6.45) is 6.27. The molecule has 0 aromatic rings. The number of hydrogen-bond acceptors (Lipinski definition) is 2. The molecule has 1 rings (SSSR count). The monoisotopic (exact) mass is 167 g/mol. The number of rotatable bonds is 3. The third-order valence-corrected chi connectivity index (χ3v) is 2.33. The van der Waals surface area contributed by atoms with Gasteiger partial charge in [-0.1, -0.05) is 6.08 Å². The summed E-state index contributed by atoms with van der Waals surface area (Å²) in [6, 6.07) is 0.427. The Hall–Kier alpha value is -0.630. The second-order valence-corrected chi connectivity index (χ2v) is 3.45. The molecule has 68 valence electrons. The Bertz CT molecular complexity index is 180. The second-order valence-electron chi connectivity index (χ2n) is 3.45. The Morgan fingerprint density at radius 1 is 1.42 bits per heavy atom. The molecule has 2 nitrogen and oxygen atoms in total. The van der Waals surface area contributed by atoms with E-state index in [0.29, 0.717) is 6.04 Å². The van der Waals surface area contributed by atoms with Crippen LogP contribution in [0.1, 0.15) is 26.7 Å². The Labute approximate surface area is 74.2 Å². The molecular weight excluding hydrogens is 150 g/mol. The number of carbonyl (C=O) groups excluding carboxylic acids is 1. The molecule has 0 bridgehead atoms. The van der Waals surface area contributed by atoms with E-state index in [1.165, 1.54) is 25.9 Å². The molecule has 1 unspecified atom stereocenters. The zero-order valence-electron chi connectivity index (χ0n) is 7.92. The smallest absolute Gasteiger partial charge is 0.152 e. The van der Waals surface area contributed by atoms with Gasteiger partial charge in [0.2, 0.25) is 0 Å². The van der Waals surface area contributed by atoms with E-state index in [-0.39, 0.29) is 5.78 Å². The van der Waals surface area contributed by atoms with Gasteiger partial charge in [-0.3, -0.25) is 9.69 Å². The molecule has 1 atom stereocenters. The number of allylic oxidation sites excluding steroid dienone is 1. The topological polar surface area (TPSA) is 20.3 Å². The molecule has 0 N–H and O–H groups in total. The highest BCUT2D eigenvalue weighted by Crippen LogP contribution is 2.11. The summed E-state index contributed by atoms with van der Waals surface area (Å²) in [5.41, 5.74) is 0. The van der Waals surface area contributed by atoms with Crippen molar-refractivity contribution in [3.8, 4) is 0 Å². The summed E-state index contributed by atoms with van der Waals surface area (Å²) < 4.78 is 0. The van der Waals surface area contributed by atoms with E-state index in [9.17, 15) is 4.79 Å². The molecule has 0 radical (unpaired) electrons. The van der Waals surface area contributed by atoms with Gasteiger partial charge in [-0.25, -0.2) is 0 Å². The summed E-state index contributed by atoms with van der Waals surface area (Å²) in [5.74, 6) is 0.140. The van der Waals surface area contributed by atoms with Crippen molar-refractivity contribution in [3.63, 3.8) is 0 Å². The van der Waals surface area contributed by atoms with Crippen molar-refractivity contribution in [1.29, 1.82) is 0 Å². The lowest BCUT2D eigenvalue weighted by atomic mass is 10.2. The molecule has 0 aromatic carbocycles. The van der Waals surface area contributed by atoms with Gasteiger partial charge in [0, 0.05) is 6.04 Å². The maximum atomic E-state index is 10.7. The van der Waals surface area contributed by atoms with E-state index in [1.807, 2.05) is 6.08 Å². The summed E-state index contributed by atoms with van der Waals surface area (Å²) >= 11 is 0. The molecule has 0 aromatic heterocycles. The number of hydrogen-bond donors (Lipinski definition) is 0. The molecule has 1 aliphatic heterocycles. The highest BCUT2D eigenvalue weighted by Gasteiger charge is 2.15. The van der Waals surface area contributed by atoms with Crippen molar-refractivity contribution in [2.45, 2.75) is 32.7 Å². The third kappa shape index (κ3) is 2.78. The zero-order chi connectivity index (χ0) is 8.97. The lowest BCUT2D eigenvalue weighted by Gasteiger charge is -2.19. The number of ketones is 1. The summed E-state index contributed by atoms with van der Waals surface area (Å²) in [7, 11) is 0. The lowest BCUT2D eigenvalue weighted by Crippen LogP contribution is -2.28. The van der Waals surface area contributed by atoms with Crippen LogP contribution >= 0.6 is 0 Å². The Morgan fingerprint density at radius 3 is 2.50 bits per heavy atom. The van der Waals surface area contributed by atoms with Crippen molar-refractivity contribution in [3.05, 3.63) is 12.2 Å². The van der Waals surface area contributed by atoms with Crippen LogP contribution in [0.3, 0.4) is 0 Å². The van der Waals surface area contributed by atoms with Crippen LogP contribution in [0.4, 0.5) is 0 Å². The van der Waals surface area contributed by atoms with Crippen molar-refractivity contribution >= 4 is 5.78 Å². The van der Waals surface area contributed by atoms with Gasteiger partial charge >= 0.3 is 0 Å². The fourth-order valence-corrected chi connectivity index (χ4v) is 1.55. The standard InChI is InChI=1S/C10H17NO/c1-9(5-6-10(2)12)11-7-3-4-8-11/h5-6,9H,3-4,7-8H2,1-2H3/b6-5+. The molecule has 0 saturated carbocycles. The minimum absolute atomic E-state index is 0.140. The number of likely N-dealkylation sites (tertiary alicyclic amines) is 1. The average Bonchev–Trinajstić information content (AvgIpc) is 2.51. The molecule has 0 amide bonds. The molecule has 0 aliphatic carbocycles.